The van der Waals surface area contributed by atoms with Crippen molar-refractivity contribution in [2.75, 3.05) is 26.0 Å². The van der Waals surface area contributed by atoms with Crippen LogP contribution in [0.2, 0.25) is 4.34 Å². The number of hydrogen-bond acceptors (Lipinski definition) is 4. The fourth-order valence-electron chi connectivity index (χ4n) is 1.95. The third-order valence-electron chi connectivity index (χ3n) is 2.92. The molecule has 0 radical (unpaired) electrons. The Balaban J connectivity index is 1.92. The molecule has 23 heavy (non-hydrogen) atoms. The maximum atomic E-state index is 12.0. The van der Waals surface area contributed by atoms with Crippen molar-refractivity contribution < 1.29 is 9.59 Å². The molecule has 0 bridgehead atoms. The minimum atomic E-state index is -0.163. The minimum absolute atomic E-state index is 0.0792. The molecule has 1 aromatic heterocycles. The van der Waals surface area contributed by atoms with E-state index >= 15 is 0 Å². The second-order valence-corrected chi connectivity index (χ2v) is 6.99. The average Bonchev–Trinajstić information content (AvgIpc) is 2.91. The van der Waals surface area contributed by atoms with E-state index in [9.17, 15) is 9.59 Å². The molecule has 1 aromatic carbocycles. The zero-order chi connectivity index (χ0) is 16.8. The summed E-state index contributed by atoms with van der Waals surface area (Å²) in [6, 6.07) is 10.8. The summed E-state index contributed by atoms with van der Waals surface area (Å²) in [7, 11) is 3.67. The maximum Gasteiger partial charge on any atom is 0.261 e. The highest BCUT2D eigenvalue weighted by molar-refractivity contribution is 7.17. The van der Waals surface area contributed by atoms with E-state index in [1.165, 1.54) is 11.3 Å². The van der Waals surface area contributed by atoms with Crippen LogP contribution >= 0.6 is 22.9 Å². The number of carbonyl (C=O) groups is 2. The van der Waals surface area contributed by atoms with Gasteiger partial charge in [0.25, 0.3) is 5.91 Å². The molecule has 2 amide bonds. The lowest BCUT2D eigenvalue weighted by Crippen LogP contribution is -2.27. The number of nitrogens with zero attached hydrogens (tertiary/aromatic N) is 1. The number of benzene rings is 1. The predicted molar refractivity (Wildman–Crippen MR) is 94.1 cm³/mol. The van der Waals surface area contributed by atoms with Crippen molar-refractivity contribution >= 4 is 40.4 Å². The quantitative estimate of drug-likeness (QED) is 0.841. The van der Waals surface area contributed by atoms with Gasteiger partial charge in [0, 0.05) is 12.2 Å². The lowest BCUT2D eigenvalue weighted by Gasteiger charge is -2.11. The molecule has 2 aromatic rings. The number of anilines is 1. The van der Waals surface area contributed by atoms with E-state index in [1.54, 1.807) is 17.0 Å². The summed E-state index contributed by atoms with van der Waals surface area (Å²) in [6.45, 7) is 0.700. The van der Waals surface area contributed by atoms with Crippen molar-refractivity contribution in [3.63, 3.8) is 0 Å². The summed E-state index contributed by atoms with van der Waals surface area (Å²) in [4.78, 5) is 26.1. The molecule has 0 saturated heterocycles. The van der Waals surface area contributed by atoms with E-state index in [0.717, 1.165) is 5.56 Å². The Labute approximate surface area is 144 Å². The Kier molecular flexibility index (Phi) is 6.15. The highest BCUT2D eigenvalue weighted by atomic mass is 35.5. The molecule has 7 heteroatoms. The number of thiophene rings is 1. The molecular weight excluding hydrogens is 334 g/mol. The number of rotatable bonds is 6. The Bertz CT molecular complexity index is 700. The van der Waals surface area contributed by atoms with Crippen LogP contribution in [-0.4, -0.2) is 37.4 Å². The van der Waals surface area contributed by atoms with Gasteiger partial charge in [-0.25, -0.2) is 0 Å². The monoisotopic (exact) mass is 351 g/mol. The maximum absolute atomic E-state index is 12.0. The fraction of sp³-hybridized carbons (Fsp3) is 0.250. The molecule has 2 rings (SSSR count). The lowest BCUT2D eigenvalue weighted by molar-refractivity contribution is -0.116. The molecule has 0 saturated carbocycles. The van der Waals surface area contributed by atoms with Crippen molar-refractivity contribution in [2.24, 2.45) is 0 Å². The molecule has 0 spiro atoms. The third-order valence-corrected chi connectivity index (χ3v) is 4.15. The third kappa shape index (κ3) is 5.67. The standard InChI is InChI=1S/C16H18ClN3O2S/c1-20(2)10-15(21)19-12-5-3-4-11(8-12)9-18-16(22)13-6-7-14(17)23-13/h3-8H,9-10H2,1-2H3,(H,18,22)(H,19,21). The molecule has 0 unspecified atom stereocenters. The van der Waals surface area contributed by atoms with E-state index in [1.807, 2.05) is 38.4 Å². The van der Waals surface area contributed by atoms with Crippen LogP contribution < -0.4 is 10.6 Å². The summed E-state index contributed by atoms with van der Waals surface area (Å²) in [5, 5.41) is 5.66. The van der Waals surface area contributed by atoms with Crippen LogP contribution in [0.1, 0.15) is 15.2 Å². The van der Waals surface area contributed by atoms with Crippen molar-refractivity contribution in [2.45, 2.75) is 6.54 Å². The SMILES string of the molecule is CN(C)CC(=O)Nc1cccc(CNC(=O)c2ccc(Cl)s2)c1. The predicted octanol–water partition coefficient (Wildman–Crippen LogP) is 2.83. The number of halogens is 1. The van der Waals surface area contributed by atoms with Crippen LogP contribution in [0.25, 0.3) is 0 Å². The fourth-order valence-corrected chi connectivity index (χ4v) is 2.91. The van der Waals surface area contributed by atoms with Crippen LogP contribution in [0.3, 0.4) is 0 Å². The van der Waals surface area contributed by atoms with Crippen LogP contribution in [0, 0.1) is 0 Å². The van der Waals surface area contributed by atoms with Gasteiger partial charge >= 0.3 is 0 Å². The largest absolute Gasteiger partial charge is 0.347 e. The Morgan fingerprint density at radius 3 is 2.65 bits per heavy atom. The molecule has 0 atom stereocenters. The number of likely N-dealkylation sites (N-methyl/N-ethyl adjacent to an activating group) is 1. The van der Waals surface area contributed by atoms with E-state index < -0.39 is 0 Å². The first-order valence-corrected chi connectivity index (χ1v) is 8.20. The molecule has 0 aliphatic heterocycles. The number of hydrogen-bond donors (Lipinski definition) is 2. The molecule has 0 aliphatic rings. The molecule has 2 N–H and O–H groups in total. The van der Waals surface area contributed by atoms with Crippen molar-refractivity contribution in [1.29, 1.82) is 0 Å². The van der Waals surface area contributed by atoms with Crippen LogP contribution in [0.5, 0.6) is 0 Å². The van der Waals surface area contributed by atoms with E-state index in [4.69, 9.17) is 11.6 Å². The van der Waals surface area contributed by atoms with Gasteiger partial charge in [0.15, 0.2) is 0 Å². The smallest absolute Gasteiger partial charge is 0.261 e. The van der Waals surface area contributed by atoms with Gasteiger partial charge in [-0.1, -0.05) is 23.7 Å². The molecule has 0 aliphatic carbocycles. The summed E-state index contributed by atoms with van der Waals surface area (Å²) in [5.41, 5.74) is 1.62. The summed E-state index contributed by atoms with van der Waals surface area (Å²) < 4.78 is 0.584. The van der Waals surface area contributed by atoms with Gasteiger partial charge in [-0.05, 0) is 43.9 Å². The normalized spacial score (nSPS) is 10.6. The Morgan fingerprint density at radius 2 is 2.00 bits per heavy atom. The van der Waals surface area contributed by atoms with Crippen LogP contribution in [-0.2, 0) is 11.3 Å². The molecule has 1 heterocycles. The second-order valence-electron chi connectivity index (χ2n) is 5.27. The molecule has 122 valence electrons. The van der Waals surface area contributed by atoms with Gasteiger partial charge in [0.1, 0.15) is 0 Å². The molecule has 5 nitrogen and oxygen atoms in total. The van der Waals surface area contributed by atoms with E-state index in [0.29, 0.717) is 28.0 Å². The van der Waals surface area contributed by atoms with Gasteiger partial charge in [-0.2, -0.15) is 0 Å². The van der Waals surface area contributed by atoms with Crippen LogP contribution in [0.15, 0.2) is 36.4 Å². The second kappa shape index (κ2) is 8.10. The zero-order valence-electron chi connectivity index (χ0n) is 12.9. The van der Waals surface area contributed by atoms with Gasteiger partial charge in [-0.15, -0.1) is 11.3 Å². The van der Waals surface area contributed by atoms with Crippen LogP contribution in [0.4, 0.5) is 5.69 Å². The zero-order valence-corrected chi connectivity index (χ0v) is 14.5. The number of amides is 2. The Morgan fingerprint density at radius 1 is 1.22 bits per heavy atom. The lowest BCUT2D eigenvalue weighted by atomic mass is 10.2. The highest BCUT2D eigenvalue weighted by Gasteiger charge is 2.09. The van der Waals surface area contributed by atoms with E-state index in [2.05, 4.69) is 10.6 Å². The number of carbonyl (C=O) groups excluding carboxylic acids is 2. The van der Waals surface area contributed by atoms with Gasteiger partial charge < -0.3 is 15.5 Å². The first-order chi connectivity index (χ1) is 10.9. The summed E-state index contributed by atoms with van der Waals surface area (Å²) in [6.07, 6.45) is 0. The van der Waals surface area contributed by atoms with Crippen molar-refractivity contribution in [3.8, 4) is 0 Å². The topological polar surface area (TPSA) is 61.4 Å². The molecule has 0 fully saturated rings. The van der Waals surface area contributed by atoms with Gasteiger partial charge in [0.05, 0.1) is 15.8 Å². The Hall–Kier alpha value is -1.89. The highest BCUT2D eigenvalue weighted by Crippen LogP contribution is 2.21. The minimum Gasteiger partial charge on any atom is -0.347 e. The van der Waals surface area contributed by atoms with Gasteiger partial charge in [-0.3, -0.25) is 9.59 Å². The van der Waals surface area contributed by atoms with Gasteiger partial charge in [0.2, 0.25) is 5.91 Å². The van der Waals surface area contributed by atoms with Crippen molar-refractivity contribution in [1.82, 2.24) is 10.2 Å². The first-order valence-electron chi connectivity index (χ1n) is 7.01. The molecular formula is C16H18ClN3O2S. The summed E-state index contributed by atoms with van der Waals surface area (Å²) in [5.74, 6) is -0.242. The first kappa shape index (κ1) is 17.5. The van der Waals surface area contributed by atoms with Crippen molar-refractivity contribution in [3.05, 3.63) is 51.2 Å². The average molecular weight is 352 g/mol. The summed E-state index contributed by atoms with van der Waals surface area (Å²) >= 11 is 7.06. The van der Waals surface area contributed by atoms with E-state index in [-0.39, 0.29) is 11.8 Å². The number of nitrogens with one attached hydrogen (secondary N) is 2.